The highest BCUT2D eigenvalue weighted by atomic mass is 16.5. The maximum Gasteiger partial charge on any atom is 0.319 e. The molecule has 0 radical (unpaired) electrons. The van der Waals surface area contributed by atoms with Crippen molar-refractivity contribution < 1.29 is 9.53 Å². The van der Waals surface area contributed by atoms with E-state index in [0.29, 0.717) is 17.8 Å². The Hall–Kier alpha value is -3.46. The van der Waals surface area contributed by atoms with Crippen molar-refractivity contribution in [1.29, 1.82) is 5.26 Å². The van der Waals surface area contributed by atoms with Crippen LogP contribution in [0.15, 0.2) is 42.5 Å². The molecule has 150 valence electrons. The first-order valence-electron chi connectivity index (χ1n) is 9.88. The molecule has 0 saturated heterocycles. The summed E-state index contributed by atoms with van der Waals surface area (Å²) >= 11 is 0. The average molecular weight is 390 g/mol. The number of carbonyl (C=O) groups is 1. The van der Waals surface area contributed by atoms with Gasteiger partial charge in [0.25, 0.3) is 0 Å². The molecule has 0 bridgehead atoms. The first kappa shape index (κ1) is 20.3. The summed E-state index contributed by atoms with van der Waals surface area (Å²) in [6.45, 7) is 5.54. The van der Waals surface area contributed by atoms with Crippen molar-refractivity contribution in [3.05, 3.63) is 48.0 Å². The molecule has 1 heterocycles. The number of methoxy groups -OCH3 is 1. The van der Waals surface area contributed by atoms with Crippen molar-refractivity contribution in [2.75, 3.05) is 19.0 Å². The van der Waals surface area contributed by atoms with Crippen LogP contribution in [0.25, 0.3) is 22.2 Å². The zero-order valence-electron chi connectivity index (χ0n) is 17.1. The molecule has 3 rings (SSSR count). The van der Waals surface area contributed by atoms with Crippen molar-refractivity contribution >= 4 is 22.6 Å². The highest BCUT2D eigenvalue weighted by molar-refractivity contribution is 5.96. The molecule has 2 amide bonds. The van der Waals surface area contributed by atoms with Gasteiger partial charge in [-0.1, -0.05) is 25.5 Å². The third kappa shape index (κ3) is 4.19. The predicted molar refractivity (Wildman–Crippen MR) is 116 cm³/mol. The van der Waals surface area contributed by atoms with E-state index in [1.807, 2.05) is 42.5 Å². The van der Waals surface area contributed by atoms with Crippen molar-refractivity contribution in [2.24, 2.45) is 0 Å². The van der Waals surface area contributed by atoms with Crippen LogP contribution in [0, 0.1) is 11.3 Å². The van der Waals surface area contributed by atoms with Gasteiger partial charge >= 0.3 is 6.03 Å². The fourth-order valence-electron chi connectivity index (χ4n) is 3.47. The summed E-state index contributed by atoms with van der Waals surface area (Å²) < 4.78 is 7.47. The Bertz CT molecular complexity index is 1050. The van der Waals surface area contributed by atoms with Crippen LogP contribution >= 0.6 is 0 Å². The van der Waals surface area contributed by atoms with Gasteiger partial charge in [0.05, 0.1) is 23.9 Å². The number of hydrogen-bond acceptors (Lipinski definition) is 3. The van der Waals surface area contributed by atoms with Crippen LogP contribution < -0.4 is 15.4 Å². The van der Waals surface area contributed by atoms with Gasteiger partial charge in [0.15, 0.2) is 0 Å². The predicted octanol–water partition coefficient (Wildman–Crippen LogP) is 5.13. The number of amides is 2. The van der Waals surface area contributed by atoms with E-state index in [2.05, 4.69) is 35.1 Å². The number of anilines is 1. The highest BCUT2D eigenvalue weighted by Gasteiger charge is 2.18. The maximum atomic E-state index is 11.9. The summed E-state index contributed by atoms with van der Waals surface area (Å²) in [4.78, 5) is 11.9. The number of hydrogen-bond donors (Lipinski definition) is 2. The molecular formula is C23H26N4O2. The Morgan fingerprint density at radius 1 is 1.17 bits per heavy atom. The lowest BCUT2D eigenvalue weighted by Gasteiger charge is -2.11. The number of aryl methyl sites for hydroxylation is 1. The average Bonchev–Trinajstić information content (AvgIpc) is 3.07. The van der Waals surface area contributed by atoms with Crippen LogP contribution in [-0.2, 0) is 6.54 Å². The summed E-state index contributed by atoms with van der Waals surface area (Å²) in [5.74, 6) is 0.724. The minimum absolute atomic E-state index is 0.210. The van der Waals surface area contributed by atoms with E-state index < -0.39 is 0 Å². The van der Waals surface area contributed by atoms with Crippen LogP contribution in [0.5, 0.6) is 5.75 Å². The van der Waals surface area contributed by atoms with Gasteiger partial charge in [0.2, 0.25) is 0 Å². The molecule has 6 nitrogen and oxygen atoms in total. The summed E-state index contributed by atoms with van der Waals surface area (Å²) in [6.07, 6.45) is 1.99. The molecule has 0 aliphatic heterocycles. The molecule has 1 aromatic heterocycles. The Kier molecular flexibility index (Phi) is 6.40. The molecular weight excluding hydrogens is 364 g/mol. The smallest absolute Gasteiger partial charge is 0.319 e. The summed E-state index contributed by atoms with van der Waals surface area (Å²) in [6, 6.07) is 15.5. The topological polar surface area (TPSA) is 79.1 Å². The van der Waals surface area contributed by atoms with Crippen LogP contribution in [0.3, 0.4) is 0 Å². The zero-order chi connectivity index (χ0) is 20.8. The molecule has 0 aliphatic rings. The number of rotatable bonds is 7. The molecule has 0 saturated carbocycles. The van der Waals surface area contributed by atoms with Crippen molar-refractivity contribution in [2.45, 2.75) is 33.2 Å². The number of aromatic nitrogens is 1. The van der Waals surface area contributed by atoms with Crippen molar-refractivity contribution in [3.8, 4) is 23.1 Å². The number of carbonyl (C=O) groups excluding carboxylic acids is 1. The van der Waals surface area contributed by atoms with Gasteiger partial charge in [-0.2, -0.15) is 5.26 Å². The van der Waals surface area contributed by atoms with Crippen molar-refractivity contribution in [3.63, 3.8) is 0 Å². The third-order valence-corrected chi connectivity index (χ3v) is 4.93. The molecule has 3 aromatic rings. The largest absolute Gasteiger partial charge is 0.497 e. The Balaban J connectivity index is 1.94. The van der Waals surface area contributed by atoms with E-state index in [1.54, 1.807) is 7.11 Å². The van der Waals surface area contributed by atoms with E-state index in [-0.39, 0.29) is 6.03 Å². The van der Waals surface area contributed by atoms with E-state index in [1.165, 1.54) is 0 Å². The number of benzene rings is 2. The second kappa shape index (κ2) is 9.16. The monoisotopic (exact) mass is 390 g/mol. The lowest BCUT2D eigenvalue weighted by molar-refractivity contribution is 0.252. The second-order valence-corrected chi connectivity index (χ2v) is 6.77. The zero-order valence-corrected chi connectivity index (χ0v) is 17.1. The summed E-state index contributed by atoms with van der Waals surface area (Å²) in [7, 11) is 1.62. The van der Waals surface area contributed by atoms with Crippen LogP contribution in [0.2, 0.25) is 0 Å². The lowest BCUT2D eigenvalue weighted by Crippen LogP contribution is -2.29. The van der Waals surface area contributed by atoms with Gasteiger partial charge in [-0.15, -0.1) is 0 Å². The number of fused-ring (bicyclic) bond motifs is 1. The maximum absolute atomic E-state index is 11.9. The SMILES string of the molecule is CCCCNC(=O)Nc1ccc(-c2c(C#N)c3cc(OC)ccc3n2CC)cc1. The molecule has 0 spiro atoms. The standard InChI is InChI=1S/C23H26N4O2/c1-4-6-13-25-23(28)26-17-9-7-16(8-10-17)22-20(15-24)19-14-18(29-3)11-12-21(19)27(22)5-2/h7-12,14H,4-6,13H2,1-3H3,(H2,25,26,28). The summed E-state index contributed by atoms with van der Waals surface area (Å²) in [5.41, 5.74) is 4.13. The minimum Gasteiger partial charge on any atom is -0.497 e. The molecule has 29 heavy (non-hydrogen) atoms. The molecule has 0 unspecified atom stereocenters. The Morgan fingerprint density at radius 3 is 2.55 bits per heavy atom. The van der Waals surface area contributed by atoms with Crippen LogP contribution in [-0.4, -0.2) is 24.3 Å². The third-order valence-electron chi connectivity index (χ3n) is 4.93. The van der Waals surface area contributed by atoms with E-state index >= 15 is 0 Å². The molecule has 6 heteroatoms. The summed E-state index contributed by atoms with van der Waals surface area (Å²) in [5, 5.41) is 16.4. The van der Waals surface area contributed by atoms with E-state index in [0.717, 1.165) is 47.3 Å². The minimum atomic E-state index is -0.210. The second-order valence-electron chi connectivity index (χ2n) is 6.77. The van der Waals surface area contributed by atoms with Gasteiger partial charge < -0.3 is 19.9 Å². The van der Waals surface area contributed by atoms with Crippen LogP contribution in [0.4, 0.5) is 10.5 Å². The number of ether oxygens (including phenoxy) is 1. The Labute approximate surface area is 171 Å². The van der Waals surface area contributed by atoms with Gasteiger partial charge in [-0.25, -0.2) is 4.79 Å². The van der Waals surface area contributed by atoms with Gasteiger partial charge in [0.1, 0.15) is 11.8 Å². The Morgan fingerprint density at radius 2 is 1.93 bits per heavy atom. The first-order valence-corrected chi connectivity index (χ1v) is 9.88. The number of urea groups is 1. The fourth-order valence-corrected chi connectivity index (χ4v) is 3.47. The van der Waals surface area contributed by atoms with Gasteiger partial charge in [-0.05, 0) is 49.2 Å². The highest BCUT2D eigenvalue weighted by Crippen LogP contribution is 2.35. The van der Waals surface area contributed by atoms with Crippen LogP contribution in [0.1, 0.15) is 32.3 Å². The van der Waals surface area contributed by atoms with Crippen molar-refractivity contribution in [1.82, 2.24) is 9.88 Å². The lowest BCUT2D eigenvalue weighted by atomic mass is 10.1. The number of nitrogens with zero attached hydrogens (tertiary/aromatic N) is 2. The van der Waals surface area contributed by atoms with E-state index in [9.17, 15) is 10.1 Å². The molecule has 2 N–H and O–H groups in total. The number of nitriles is 1. The molecule has 2 aromatic carbocycles. The van der Waals surface area contributed by atoms with Gasteiger partial charge in [0, 0.05) is 24.2 Å². The van der Waals surface area contributed by atoms with E-state index in [4.69, 9.17) is 4.74 Å². The fraction of sp³-hybridized carbons (Fsp3) is 0.304. The quantitative estimate of drug-likeness (QED) is 0.549. The number of nitrogens with one attached hydrogen (secondary N) is 2. The first-order chi connectivity index (χ1) is 14.1. The molecule has 0 aliphatic carbocycles. The molecule has 0 fully saturated rings. The molecule has 0 atom stereocenters. The van der Waals surface area contributed by atoms with Gasteiger partial charge in [-0.3, -0.25) is 0 Å². The normalized spacial score (nSPS) is 10.6. The number of unbranched alkanes of at least 4 members (excludes halogenated alkanes) is 1.